The quantitative estimate of drug-likeness (QED) is 0.577. The number of rotatable bonds is 9. The lowest BCUT2D eigenvalue weighted by atomic mass is 10.2. The molecule has 0 spiro atoms. The molecule has 0 radical (unpaired) electrons. The van der Waals surface area contributed by atoms with Crippen molar-refractivity contribution in [1.82, 2.24) is 10.6 Å². The van der Waals surface area contributed by atoms with Gasteiger partial charge in [0.15, 0.2) is 0 Å². The smallest absolute Gasteiger partial charge is 0.233 e. The Hall–Kier alpha value is -0.610. The molecular weight excluding hydrogens is 204 g/mol. The maximum absolute atomic E-state index is 11.3. The molecule has 0 aromatic heterocycles. The number of carbonyl (C=O) groups excluding carboxylic acids is 1. The van der Waals surface area contributed by atoms with Crippen LogP contribution in [0.25, 0.3) is 0 Å². The minimum absolute atomic E-state index is 0.0933. The highest BCUT2D eigenvalue weighted by molar-refractivity contribution is 5.77. The molecule has 0 saturated heterocycles. The Morgan fingerprint density at radius 1 is 1.44 bits per heavy atom. The van der Waals surface area contributed by atoms with Crippen molar-refractivity contribution in [3.63, 3.8) is 0 Å². The lowest BCUT2D eigenvalue weighted by Gasteiger charge is -2.08. The van der Waals surface area contributed by atoms with Crippen LogP contribution in [0.4, 0.5) is 0 Å². The van der Waals surface area contributed by atoms with E-state index in [0.29, 0.717) is 25.0 Å². The first-order chi connectivity index (χ1) is 7.68. The third-order valence-electron chi connectivity index (χ3n) is 2.37. The van der Waals surface area contributed by atoms with Crippen LogP contribution >= 0.6 is 0 Å². The number of hydrogen-bond acceptors (Lipinski definition) is 3. The van der Waals surface area contributed by atoms with Gasteiger partial charge in [0.1, 0.15) is 0 Å². The first-order valence-corrected chi connectivity index (χ1v) is 6.26. The Bertz CT molecular complexity index is 203. The Kier molecular flexibility index (Phi) is 6.42. The minimum Gasteiger partial charge on any atom is -0.381 e. The standard InChI is InChI=1S/C12H24N2O2/c1-10(2)9-16-7-3-6-13-12(15)8-14-11-4-5-11/h10-11,14H,3-9H2,1-2H3,(H,13,15). The topological polar surface area (TPSA) is 50.4 Å². The number of nitrogens with one attached hydrogen (secondary N) is 2. The van der Waals surface area contributed by atoms with Gasteiger partial charge in [-0.3, -0.25) is 4.79 Å². The number of carbonyl (C=O) groups is 1. The lowest BCUT2D eigenvalue weighted by Crippen LogP contribution is -2.35. The summed E-state index contributed by atoms with van der Waals surface area (Å²) in [7, 11) is 0. The second-order valence-corrected chi connectivity index (χ2v) is 4.83. The van der Waals surface area contributed by atoms with Crippen LogP contribution in [-0.2, 0) is 9.53 Å². The molecule has 4 heteroatoms. The molecule has 1 rings (SSSR count). The summed E-state index contributed by atoms with van der Waals surface area (Å²) >= 11 is 0. The molecular formula is C12H24N2O2. The molecule has 1 aliphatic rings. The molecule has 16 heavy (non-hydrogen) atoms. The average Bonchev–Trinajstić information content (AvgIpc) is 3.03. The Morgan fingerprint density at radius 3 is 2.81 bits per heavy atom. The zero-order chi connectivity index (χ0) is 11.8. The predicted molar refractivity (Wildman–Crippen MR) is 64.3 cm³/mol. The number of amides is 1. The van der Waals surface area contributed by atoms with E-state index in [1.54, 1.807) is 0 Å². The van der Waals surface area contributed by atoms with Gasteiger partial charge >= 0.3 is 0 Å². The molecule has 94 valence electrons. The van der Waals surface area contributed by atoms with Crippen molar-refractivity contribution in [2.24, 2.45) is 5.92 Å². The van der Waals surface area contributed by atoms with Crippen LogP contribution in [0.1, 0.15) is 33.1 Å². The molecule has 1 amide bonds. The van der Waals surface area contributed by atoms with Gasteiger partial charge in [0.2, 0.25) is 5.91 Å². The van der Waals surface area contributed by atoms with Gasteiger partial charge < -0.3 is 15.4 Å². The van der Waals surface area contributed by atoms with Gasteiger partial charge in [0.05, 0.1) is 6.54 Å². The molecule has 0 aromatic rings. The third-order valence-corrected chi connectivity index (χ3v) is 2.37. The second kappa shape index (κ2) is 7.63. The van der Waals surface area contributed by atoms with Gasteiger partial charge in [0.25, 0.3) is 0 Å². The van der Waals surface area contributed by atoms with Crippen molar-refractivity contribution in [2.45, 2.75) is 39.2 Å². The molecule has 0 unspecified atom stereocenters. The van der Waals surface area contributed by atoms with E-state index < -0.39 is 0 Å². The largest absolute Gasteiger partial charge is 0.381 e. The first-order valence-electron chi connectivity index (χ1n) is 6.26. The van der Waals surface area contributed by atoms with Gasteiger partial charge in [-0.15, -0.1) is 0 Å². The van der Waals surface area contributed by atoms with Crippen LogP contribution < -0.4 is 10.6 Å². The highest BCUT2D eigenvalue weighted by Crippen LogP contribution is 2.17. The third kappa shape index (κ3) is 7.65. The molecule has 0 aromatic carbocycles. The Labute approximate surface area is 98.1 Å². The molecule has 1 aliphatic carbocycles. The van der Waals surface area contributed by atoms with Crippen LogP contribution in [-0.4, -0.2) is 38.3 Å². The number of ether oxygens (including phenoxy) is 1. The maximum Gasteiger partial charge on any atom is 0.233 e. The van der Waals surface area contributed by atoms with Crippen LogP contribution in [0.2, 0.25) is 0 Å². The second-order valence-electron chi connectivity index (χ2n) is 4.83. The SMILES string of the molecule is CC(C)COCCCNC(=O)CNC1CC1. The zero-order valence-corrected chi connectivity index (χ0v) is 10.4. The van der Waals surface area contributed by atoms with Crippen molar-refractivity contribution in [1.29, 1.82) is 0 Å². The Morgan fingerprint density at radius 2 is 2.19 bits per heavy atom. The molecule has 4 nitrogen and oxygen atoms in total. The number of hydrogen-bond donors (Lipinski definition) is 2. The van der Waals surface area contributed by atoms with Crippen molar-refractivity contribution in [3.8, 4) is 0 Å². The van der Waals surface area contributed by atoms with E-state index in [1.165, 1.54) is 12.8 Å². The van der Waals surface area contributed by atoms with Crippen LogP contribution in [0.5, 0.6) is 0 Å². The van der Waals surface area contributed by atoms with E-state index in [1.807, 2.05) is 0 Å². The van der Waals surface area contributed by atoms with E-state index in [9.17, 15) is 4.79 Å². The van der Waals surface area contributed by atoms with Gasteiger partial charge in [-0.1, -0.05) is 13.8 Å². The summed E-state index contributed by atoms with van der Waals surface area (Å²) in [6, 6.07) is 0.597. The van der Waals surface area contributed by atoms with E-state index in [4.69, 9.17) is 4.74 Å². The summed E-state index contributed by atoms with van der Waals surface area (Å²) in [5.41, 5.74) is 0. The summed E-state index contributed by atoms with van der Waals surface area (Å²) in [4.78, 5) is 11.3. The molecule has 0 atom stereocenters. The summed E-state index contributed by atoms with van der Waals surface area (Å²) < 4.78 is 5.42. The van der Waals surface area contributed by atoms with Gasteiger partial charge in [-0.2, -0.15) is 0 Å². The minimum atomic E-state index is 0.0933. The van der Waals surface area contributed by atoms with Gasteiger partial charge in [-0.25, -0.2) is 0 Å². The summed E-state index contributed by atoms with van der Waals surface area (Å²) in [5.74, 6) is 0.674. The van der Waals surface area contributed by atoms with E-state index in [0.717, 1.165) is 19.6 Å². The van der Waals surface area contributed by atoms with E-state index >= 15 is 0 Å². The van der Waals surface area contributed by atoms with Crippen LogP contribution in [0.15, 0.2) is 0 Å². The molecule has 0 heterocycles. The molecule has 1 fully saturated rings. The maximum atomic E-state index is 11.3. The van der Waals surface area contributed by atoms with Gasteiger partial charge in [0, 0.05) is 25.8 Å². The fraction of sp³-hybridized carbons (Fsp3) is 0.917. The summed E-state index contributed by atoms with van der Waals surface area (Å²) in [6.07, 6.45) is 3.33. The molecule has 0 bridgehead atoms. The summed E-state index contributed by atoms with van der Waals surface area (Å²) in [6.45, 7) is 6.96. The normalized spacial score (nSPS) is 15.4. The fourth-order valence-electron chi connectivity index (χ4n) is 1.31. The first kappa shape index (κ1) is 13.5. The Balaban J connectivity index is 1.80. The highest BCUT2D eigenvalue weighted by Gasteiger charge is 2.20. The monoisotopic (exact) mass is 228 g/mol. The van der Waals surface area contributed by atoms with Crippen LogP contribution in [0.3, 0.4) is 0 Å². The fourth-order valence-corrected chi connectivity index (χ4v) is 1.31. The van der Waals surface area contributed by atoms with Gasteiger partial charge in [-0.05, 0) is 25.2 Å². The van der Waals surface area contributed by atoms with Crippen LogP contribution in [0, 0.1) is 5.92 Å². The zero-order valence-electron chi connectivity index (χ0n) is 10.4. The van der Waals surface area contributed by atoms with Crippen molar-refractivity contribution < 1.29 is 9.53 Å². The molecule has 2 N–H and O–H groups in total. The van der Waals surface area contributed by atoms with Crippen molar-refractivity contribution >= 4 is 5.91 Å². The summed E-state index contributed by atoms with van der Waals surface area (Å²) in [5, 5.41) is 6.05. The molecule has 1 saturated carbocycles. The average molecular weight is 228 g/mol. The van der Waals surface area contributed by atoms with Crippen molar-refractivity contribution in [3.05, 3.63) is 0 Å². The highest BCUT2D eigenvalue weighted by atomic mass is 16.5. The van der Waals surface area contributed by atoms with Crippen molar-refractivity contribution in [2.75, 3.05) is 26.3 Å². The van der Waals surface area contributed by atoms with E-state index in [-0.39, 0.29) is 5.91 Å². The molecule has 0 aliphatic heterocycles. The van der Waals surface area contributed by atoms with E-state index in [2.05, 4.69) is 24.5 Å². The predicted octanol–water partition coefficient (Wildman–Crippen LogP) is 0.917. The lowest BCUT2D eigenvalue weighted by molar-refractivity contribution is -0.120.